The number of primary amides is 1. The number of carbonyl (C=O) groups excluding carboxylic acids is 1. The number of hydrogen-bond donors (Lipinski definition) is 2. The van der Waals surface area contributed by atoms with Gasteiger partial charge in [-0.15, -0.1) is 0 Å². The summed E-state index contributed by atoms with van der Waals surface area (Å²) >= 11 is 0. The molecule has 1 saturated carbocycles. The quantitative estimate of drug-likeness (QED) is 0.685. The highest BCUT2D eigenvalue weighted by Gasteiger charge is 2.24. The molecule has 0 bridgehead atoms. The van der Waals surface area contributed by atoms with Crippen LogP contribution in [0.4, 0.5) is 0 Å². The van der Waals surface area contributed by atoms with Crippen LogP contribution in [0.2, 0.25) is 0 Å². The summed E-state index contributed by atoms with van der Waals surface area (Å²) in [6.07, 6.45) is 5.81. The smallest absolute Gasteiger partial charge is 0.218 e. The summed E-state index contributed by atoms with van der Waals surface area (Å²) in [6, 6.07) is 0.806. The van der Waals surface area contributed by atoms with Crippen LogP contribution in [-0.2, 0) is 4.79 Å². The Bertz CT molecular complexity index is 240. The lowest BCUT2D eigenvalue weighted by Crippen LogP contribution is -2.41. The van der Waals surface area contributed by atoms with Crippen LogP contribution >= 0.6 is 0 Å². The molecule has 1 amide bonds. The number of likely N-dealkylation sites (tertiary alicyclic amines) is 1. The second-order valence-corrected chi connectivity index (χ2v) is 5.21. The Morgan fingerprint density at radius 1 is 1.38 bits per heavy atom. The summed E-state index contributed by atoms with van der Waals surface area (Å²) in [5, 5.41) is 3.59. The Labute approximate surface area is 97.6 Å². The minimum Gasteiger partial charge on any atom is -0.370 e. The van der Waals surface area contributed by atoms with E-state index in [0.29, 0.717) is 6.42 Å². The van der Waals surface area contributed by atoms with Gasteiger partial charge in [-0.05, 0) is 44.7 Å². The monoisotopic (exact) mass is 225 g/mol. The molecule has 0 aromatic heterocycles. The highest BCUT2D eigenvalue weighted by atomic mass is 16.1. The molecule has 0 radical (unpaired) electrons. The lowest BCUT2D eigenvalue weighted by Gasteiger charge is -2.32. The second kappa shape index (κ2) is 5.64. The van der Waals surface area contributed by atoms with E-state index >= 15 is 0 Å². The highest BCUT2D eigenvalue weighted by Crippen LogP contribution is 2.21. The number of amides is 1. The molecule has 1 unspecified atom stereocenters. The SMILES string of the molecule is NC(=O)CCN1CCCC(CNC2CC2)C1. The third kappa shape index (κ3) is 4.10. The van der Waals surface area contributed by atoms with Gasteiger partial charge in [-0.2, -0.15) is 0 Å². The molecule has 0 aromatic rings. The molecule has 2 rings (SSSR count). The van der Waals surface area contributed by atoms with Crippen molar-refractivity contribution in [1.82, 2.24) is 10.2 Å². The fourth-order valence-corrected chi connectivity index (χ4v) is 2.41. The normalized spacial score (nSPS) is 26.9. The van der Waals surface area contributed by atoms with Gasteiger partial charge in [0.25, 0.3) is 0 Å². The lowest BCUT2D eigenvalue weighted by molar-refractivity contribution is -0.118. The van der Waals surface area contributed by atoms with Gasteiger partial charge in [0, 0.05) is 25.6 Å². The molecule has 92 valence electrons. The Morgan fingerprint density at radius 2 is 2.19 bits per heavy atom. The molecule has 16 heavy (non-hydrogen) atoms. The zero-order valence-electron chi connectivity index (χ0n) is 9.95. The van der Waals surface area contributed by atoms with E-state index in [-0.39, 0.29) is 5.91 Å². The number of rotatable bonds is 6. The van der Waals surface area contributed by atoms with Crippen molar-refractivity contribution in [3.63, 3.8) is 0 Å². The summed E-state index contributed by atoms with van der Waals surface area (Å²) in [5.74, 6) is 0.584. The summed E-state index contributed by atoms with van der Waals surface area (Å²) in [6.45, 7) is 4.26. The lowest BCUT2D eigenvalue weighted by atomic mass is 9.98. The minimum absolute atomic E-state index is 0.182. The van der Waals surface area contributed by atoms with E-state index in [1.807, 2.05) is 0 Å². The first-order chi connectivity index (χ1) is 7.74. The predicted molar refractivity (Wildman–Crippen MR) is 64.0 cm³/mol. The number of hydrogen-bond acceptors (Lipinski definition) is 3. The molecule has 1 aliphatic carbocycles. The molecular formula is C12H23N3O. The zero-order chi connectivity index (χ0) is 11.4. The van der Waals surface area contributed by atoms with E-state index in [2.05, 4.69) is 10.2 Å². The van der Waals surface area contributed by atoms with Crippen LogP contribution in [-0.4, -0.2) is 43.0 Å². The first kappa shape index (κ1) is 11.9. The molecule has 1 atom stereocenters. The van der Waals surface area contributed by atoms with Crippen LogP contribution in [0.15, 0.2) is 0 Å². The van der Waals surface area contributed by atoms with Gasteiger partial charge >= 0.3 is 0 Å². The number of carbonyl (C=O) groups is 1. The topological polar surface area (TPSA) is 58.4 Å². The Kier molecular flexibility index (Phi) is 4.18. The van der Waals surface area contributed by atoms with Gasteiger partial charge in [0.15, 0.2) is 0 Å². The number of nitrogens with two attached hydrogens (primary N) is 1. The van der Waals surface area contributed by atoms with E-state index in [1.165, 1.54) is 25.7 Å². The van der Waals surface area contributed by atoms with E-state index in [9.17, 15) is 4.79 Å². The molecule has 2 aliphatic rings. The average Bonchev–Trinajstić information content (AvgIpc) is 3.08. The molecule has 1 heterocycles. The van der Waals surface area contributed by atoms with Gasteiger partial charge in [0.2, 0.25) is 5.91 Å². The van der Waals surface area contributed by atoms with Crippen molar-refractivity contribution in [3.05, 3.63) is 0 Å². The van der Waals surface area contributed by atoms with Crippen LogP contribution in [0, 0.1) is 5.92 Å². The van der Waals surface area contributed by atoms with E-state index < -0.39 is 0 Å². The molecule has 3 N–H and O–H groups in total. The molecule has 1 aliphatic heterocycles. The third-order valence-corrected chi connectivity index (χ3v) is 3.55. The van der Waals surface area contributed by atoms with Crippen LogP contribution in [0.1, 0.15) is 32.1 Å². The van der Waals surface area contributed by atoms with Crippen molar-refractivity contribution < 1.29 is 4.79 Å². The van der Waals surface area contributed by atoms with Crippen LogP contribution in [0.5, 0.6) is 0 Å². The molecule has 2 fully saturated rings. The predicted octanol–water partition coefficient (Wildman–Crippen LogP) is 0.326. The Hall–Kier alpha value is -0.610. The van der Waals surface area contributed by atoms with Crippen LogP contribution < -0.4 is 11.1 Å². The molecule has 0 aromatic carbocycles. The minimum atomic E-state index is -0.182. The van der Waals surface area contributed by atoms with Gasteiger partial charge in [-0.25, -0.2) is 0 Å². The van der Waals surface area contributed by atoms with E-state index in [4.69, 9.17) is 5.73 Å². The summed E-state index contributed by atoms with van der Waals surface area (Å²) < 4.78 is 0. The van der Waals surface area contributed by atoms with Crippen molar-refractivity contribution in [1.29, 1.82) is 0 Å². The second-order valence-electron chi connectivity index (χ2n) is 5.21. The van der Waals surface area contributed by atoms with Crippen molar-refractivity contribution >= 4 is 5.91 Å². The highest BCUT2D eigenvalue weighted by molar-refractivity contribution is 5.73. The number of piperidine rings is 1. The third-order valence-electron chi connectivity index (χ3n) is 3.55. The van der Waals surface area contributed by atoms with Crippen molar-refractivity contribution in [3.8, 4) is 0 Å². The first-order valence-corrected chi connectivity index (χ1v) is 6.48. The average molecular weight is 225 g/mol. The summed E-state index contributed by atoms with van der Waals surface area (Å²) in [4.78, 5) is 13.1. The molecular weight excluding hydrogens is 202 g/mol. The first-order valence-electron chi connectivity index (χ1n) is 6.48. The van der Waals surface area contributed by atoms with Crippen LogP contribution in [0.25, 0.3) is 0 Å². The number of nitrogens with zero attached hydrogens (tertiary/aromatic N) is 1. The van der Waals surface area contributed by atoms with Gasteiger partial charge in [0.1, 0.15) is 0 Å². The van der Waals surface area contributed by atoms with E-state index in [1.54, 1.807) is 0 Å². The number of nitrogens with one attached hydrogen (secondary N) is 1. The summed E-state index contributed by atoms with van der Waals surface area (Å²) in [7, 11) is 0. The van der Waals surface area contributed by atoms with Crippen molar-refractivity contribution in [2.45, 2.75) is 38.1 Å². The van der Waals surface area contributed by atoms with Crippen LogP contribution in [0.3, 0.4) is 0 Å². The standard InChI is InChI=1S/C12H23N3O/c13-12(16)5-7-15-6-1-2-10(9-15)8-14-11-3-4-11/h10-11,14H,1-9H2,(H2,13,16). The van der Waals surface area contributed by atoms with Crippen molar-refractivity contribution in [2.75, 3.05) is 26.2 Å². The zero-order valence-corrected chi connectivity index (χ0v) is 9.95. The molecule has 1 saturated heterocycles. The van der Waals surface area contributed by atoms with Gasteiger partial charge in [0.05, 0.1) is 0 Å². The van der Waals surface area contributed by atoms with Crippen molar-refractivity contribution in [2.24, 2.45) is 11.7 Å². The summed E-state index contributed by atoms with van der Waals surface area (Å²) in [5.41, 5.74) is 5.17. The van der Waals surface area contributed by atoms with Gasteiger partial charge in [-0.1, -0.05) is 0 Å². The fraction of sp³-hybridized carbons (Fsp3) is 0.917. The molecule has 4 heteroatoms. The Morgan fingerprint density at radius 3 is 2.88 bits per heavy atom. The maximum absolute atomic E-state index is 10.7. The Balaban J connectivity index is 1.64. The van der Waals surface area contributed by atoms with Gasteiger partial charge < -0.3 is 16.0 Å². The molecule has 0 spiro atoms. The largest absolute Gasteiger partial charge is 0.370 e. The van der Waals surface area contributed by atoms with Gasteiger partial charge in [-0.3, -0.25) is 4.79 Å². The maximum atomic E-state index is 10.7. The maximum Gasteiger partial charge on any atom is 0.218 e. The van der Waals surface area contributed by atoms with E-state index in [0.717, 1.165) is 38.1 Å². The molecule has 4 nitrogen and oxygen atoms in total. The fourth-order valence-electron chi connectivity index (χ4n) is 2.41.